The summed E-state index contributed by atoms with van der Waals surface area (Å²) in [5.41, 5.74) is -0.245. The molecule has 1 aliphatic heterocycles. The summed E-state index contributed by atoms with van der Waals surface area (Å²) in [5, 5.41) is 11.0. The van der Waals surface area contributed by atoms with Gasteiger partial charge in [-0.25, -0.2) is 0 Å². The Hall–Kier alpha value is -0.610. The second kappa shape index (κ2) is 6.02. The van der Waals surface area contributed by atoms with Gasteiger partial charge in [-0.05, 0) is 51.4 Å². The lowest BCUT2D eigenvalue weighted by atomic mass is 9.92. The van der Waals surface area contributed by atoms with Crippen molar-refractivity contribution in [2.75, 3.05) is 13.1 Å². The zero-order valence-electron chi connectivity index (χ0n) is 11.7. The van der Waals surface area contributed by atoms with Crippen LogP contribution in [0.1, 0.15) is 37.0 Å². The number of piperidine rings is 1. The van der Waals surface area contributed by atoms with Gasteiger partial charge >= 0.3 is 0 Å². The average molecular weight is 316 g/mol. The van der Waals surface area contributed by atoms with Gasteiger partial charge < -0.3 is 5.11 Å². The first-order chi connectivity index (χ1) is 9.30. The second-order valence-corrected chi connectivity index (χ2v) is 6.58. The van der Waals surface area contributed by atoms with Crippen LogP contribution in [0.3, 0.4) is 0 Å². The first-order valence-electron chi connectivity index (χ1n) is 6.76. The van der Waals surface area contributed by atoms with Crippen LogP contribution in [0, 0.1) is 0 Å². The summed E-state index contributed by atoms with van der Waals surface area (Å²) in [7, 11) is 0. The molecule has 1 fully saturated rings. The topological polar surface area (TPSA) is 40.5 Å². The molecule has 3 nitrogen and oxygen atoms in total. The van der Waals surface area contributed by atoms with E-state index in [1.54, 1.807) is 18.2 Å². The quantitative estimate of drug-likeness (QED) is 0.869. The first kappa shape index (κ1) is 15.8. The molecule has 2 atom stereocenters. The Morgan fingerprint density at radius 2 is 2.15 bits per heavy atom. The van der Waals surface area contributed by atoms with Crippen LogP contribution in [0.15, 0.2) is 18.2 Å². The van der Waals surface area contributed by atoms with Crippen LogP contribution >= 0.6 is 23.2 Å². The summed E-state index contributed by atoms with van der Waals surface area (Å²) >= 11 is 11.9. The fourth-order valence-electron chi connectivity index (χ4n) is 2.67. The Bertz CT molecular complexity index is 517. The number of hydrogen-bond donors (Lipinski definition) is 1. The van der Waals surface area contributed by atoms with Gasteiger partial charge in [0.1, 0.15) is 0 Å². The Balaban J connectivity index is 2.16. The fourth-order valence-corrected chi connectivity index (χ4v) is 3.17. The maximum absolute atomic E-state index is 12.5. The van der Waals surface area contributed by atoms with Gasteiger partial charge in [0.2, 0.25) is 0 Å². The fraction of sp³-hybridized carbons (Fsp3) is 0.533. The molecule has 1 saturated heterocycles. The molecule has 1 N–H and O–H groups in total. The van der Waals surface area contributed by atoms with E-state index in [9.17, 15) is 9.90 Å². The number of rotatable bonds is 3. The second-order valence-electron chi connectivity index (χ2n) is 5.74. The van der Waals surface area contributed by atoms with E-state index in [4.69, 9.17) is 23.2 Å². The van der Waals surface area contributed by atoms with Gasteiger partial charge in [0.25, 0.3) is 0 Å². The van der Waals surface area contributed by atoms with E-state index < -0.39 is 5.60 Å². The Kier molecular flexibility index (Phi) is 4.75. The van der Waals surface area contributed by atoms with Crippen LogP contribution < -0.4 is 0 Å². The minimum absolute atomic E-state index is 0.0376. The summed E-state index contributed by atoms with van der Waals surface area (Å²) in [4.78, 5) is 14.5. The molecule has 0 saturated carbocycles. The molecule has 1 aromatic rings. The Morgan fingerprint density at radius 1 is 1.45 bits per heavy atom. The molecule has 110 valence electrons. The molecule has 1 aliphatic rings. The van der Waals surface area contributed by atoms with Crippen molar-refractivity contribution in [2.24, 2.45) is 0 Å². The van der Waals surface area contributed by atoms with E-state index in [2.05, 4.69) is 0 Å². The maximum atomic E-state index is 12.5. The molecule has 0 bridgehead atoms. The standard InChI is InChI=1S/C15H19Cl2NO2/c1-10(18-7-3-6-15(2,20)9-18)14(19)12-5-4-11(16)8-13(12)17/h4-5,8,10,20H,3,6-7,9H2,1-2H3. The van der Waals surface area contributed by atoms with Crippen LogP contribution in [-0.2, 0) is 0 Å². The third-order valence-corrected chi connectivity index (χ3v) is 4.38. The molecule has 20 heavy (non-hydrogen) atoms. The molecule has 0 radical (unpaired) electrons. The number of ketones is 1. The number of aliphatic hydroxyl groups is 1. The Morgan fingerprint density at radius 3 is 2.75 bits per heavy atom. The number of nitrogens with zero attached hydrogens (tertiary/aromatic N) is 1. The molecule has 2 unspecified atom stereocenters. The average Bonchev–Trinajstić information content (AvgIpc) is 2.36. The van der Waals surface area contributed by atoms with E-state index in [1.165, 1.54) is 0 Å². The number of benzene rings is 1. The molecule has 5 heteroatoms. The summed E-state index contributed by atoms with van der Waals surface area (Å²) in [6, 6.07) is 4.60. The number of hydrogen-bond acceptors (Lipinski definition) is 3. The summed E-state index contributed by atoms with van der Waals surface area (Å²) < 4.78 is 0. The molecule has 1 aromatic carbocycles. The van der Waals surface area contributed by atoms with Crippen molar-refractivity contribution in [1.29, 1.82) is 0 Å². The molecule has 0 amide bonds. The first-order valence-corrected chi connectivity index (χ1v) is 7.51. The maximum Gasteiger partial charge on any atom is 0.181 e. The van der Waals surface area contributed by atoms with Crippen molar-refractivity contribution in [1.82, 2.24) is 4.90 Å². The minimum atomic E-state index is -0.726. The van der Waals surface area contributed by atoms with Crippen LogP contribution in [0.4, 0.5) is 0 Å². The molecule has 2 rings (SSSR count). The lowest BCUT2D eigenvalue weighted by Crippen LogP contribution is -2.51. The van der Waals surface area contributed by atoms with Crippen molar-refractivity contribution >= 4 is 29.0 Å². The van der Waals surface area contributed by atoms with Crippen LogP contribution in [-0.4, -0.2) is 40.5 Å². The van der Waals surface area contributed by atoms with Crippen molar-refractivity contribution in [3.05, 3.63) is 33.8 Å². The smallest absolute Gasteiger partial charge is 0.181 e. The van der Waals surface area contributed by atoms with E-state index in [-0.39, 0.29) is 11.8 Å². The highest BCUT2D eigenvalue weighted by Gasteiger charge is 2.33. The highest BCUT2D eigenvalue weighted by molar-refractivity contribution is 6.37. The molecule has 0 spiro atoms. The minimum Gasteiger partial charge on any atom is -0.389 e. The third kappa shape index (κ3) is 3.53. The highest BCUT2D eigenvalue weighted by atomic mass is 35.5. The molecular weight excluding hydrogens is 297 g/mol. The van der Waals surface area contributed by atoms with Gasteiger partial charge in [0.15, 0.2) is 5.78 Å². The molecule has 1 heterocycles. The number of carbonyl (C=O) groups is 1. The summed E-state index contributed by atoms with van der Waals surface area (Å²) in [6.07, 6.45) is 1.66. The number of carbonyl (C=O) groups excluding carboxylic acids is 1. The summed E-state index contributed by atoms with van der Waals surface area (Å²) in [5.74, 6) is -0.0376. The van der Waals surface area contributed by atoms with Gasteiger partial charge in [-0.15, -0.1) is 0 Å². The number of likely N-dealkylation sites (tertiary alicyclic amines) is 1. The zero-order valence-corrected chi connectivity index (χ0v) is 13.2. The Labute approximate surface area is 129 Å². The molecule has 0 aliphatic carbocycles. The van der Waals surface area contributed by atoms with E-state index in [1.807, 2.05) is 18.7 Å². The van der Waals surface area contributed by atoms with Crippen molar-refractivity contribution in [3.63, 3.8) is 0 Å². The SMILES string of the molecule is CC(C(=O)c1ccc(Cl)cc1Cl)N1CCCC(C)(O)C1. The highest BCUT2D eigenvalue weighted by Crippen LogP contribution is 2.26. The van der Waals surface area contributed by atoms with Gasteiger partial charge in [-0.1, -0.05) is 23.2 Å². The van der Waals surface area contributed by atoms with Crippen LogP contribution in [0.5, 0.6) is 0 Å². The molecule has 0 aromatic heterocycles. The van der Waals surface area contributed by atoms with Gasteiger partial charge in [-0.3, -0.25) is 9.69 Å². The predicted molar refractivity (Wildman–Crippen MR) is 81.7 cm³/mol. The van der Waals surface area contributed by atoms with E-state index in [0.717, 1.165) is 19.4 Å². The van der Waals surface area contributed by atoms with Crippen molar-refractivity contribution < 1.29 is 9.90 Å². The van der Waals surface area contributed by atoms with E-state index in [0.29, 0.717) is 22.2 Å². The van der Waals surface area contributed by atoms with E-state index >= 15 is 0 Å². The third-order valence-electron chi connectivity index (χ3n) is 3.83. The van der Waals surface area contributed by atoms with Gasteiger partial charge in [0, 0.05) is 17.1 Å². The van der Waals surface area contributed by atoms with Crippen LogP contribution in [0.2, 0.25) is 10.0 Å². The number of β-amino-alcohol motifs (C(OH)–C–C–N with tert-alkyl or cyclic N) is 1. The van der Waals surface area contributed by atoms with Crippen molar-refractivity contribution in [3.8, 4) is 0 Å². The number of Topliss-reactive ketones (excluding diaryl/α,β-unsaturated/α-hetero) is 1. The lowest BCUT2D eigenvalue weighted by Gasteiger charge is -2.39. The van der Waals surface area contributed by atoms with Gasteiger partial charge in [0.05, 0.1) is 16.7 Å². The summed E-state index contributed by atoms with van der Waals surface area (Å²) in [6.45, 7) is 4.99. The van der Waals surface area contributed by atoms with Crippen LogP contribution in [0.25, 0.3) is 0 Å². The molecular formula is C15H19Cl2NO2. The lowest BCUT2D eigenvalue weighted by molar-refractivity contribution is -0.0242. The zero-order chi connectivity index (χ0) is 14.9. The number of halogens is 2. The predicted octanol–water partition coefficient (Wildman–Crippen LogP) is 3.41. The normalized spacial score (nSPS) is 25.4. The largest absolute Gasteiger partial charge is 0.389 e. The van der Waals surface area contributed by atoms with Gasteiger partial charge in [-0.2, -0.15) is 0 Å². The van der Waals surface area contributed by atoms with Crippen molar-refractivity contribution in [2.45, 2.75) is 38.3 Å². The monoisotopic (exact) mass is 315 g/mol.